The Kier molecular flexibility index (Phi) is 8.19. The number of carboxylic acid groups (broad SMARTS) is 1. The van der Waals surface area contributed by atoms with Gasteiger partial charge in [-0.05, 0) is 31.0 Å². The Morgan fingerprint density at radius 2 is 2.07 bits per heavy atom. The van der Waals surface area contributed by atoms with Crippen molar-refractivity contribution in [2.45, 2.75) is 26.7 Å². The quantitative estimate of drug-likeness (QED) is 0.609. The highest BCUT2D eigenvalue weighted by atomic mass is 35.5. The SMILES string of the molecule is CCOCCCN(CC(C)C(=O)O)C(=O)Cc1cc(Cl)c2c(c1)OCCO2. The van der Waals surface area contributed by atoms with Crippen LogP contribution in [0, 0.1) is 5.92 Å². The van der Waals surface area contributed by atoms with E-state index in [0.717, 1.165) is 0 Å². The summed E-state index contributed by atoms with van der Waals surface area (Å²) < 4.78 is 16.3. The maximum atomic E-state index is 12.8. The van der Waals surface area contributed by atoms with Gasteiger partial charge in [0.05, 0.1) is 17.4 Å². The molecule has 8 heteroatoms. The second kappa shape index (κ2) is 10.4. The lowest BCUT2D eigenvalue weighted by atomic mass is 10.1. The van der Waals surface area contributed by atoms with Gasteiger partial charge < -0.3 is 24.2 Å². The summed E-state index contributed by atoms with van der Waals surface area (Å²) in [5, 5.41) is 9.57. The molecular weight excluding hydrogens is 374 g/mol. The highest BCUT2D eigenvalue weighted by Crippen LogP contribution is 2.38. The largest absolute Gasteiger partial charge is 0.486 e. The molecule has 1 aromatic rings. The molecule has 1 atom stereocenters. The van der Waals surface area contributed by atoms with E-state index in [4.69, 9.17) is 25.8 Å². The Labute approximate surface area is 164 Å². The third-order valence-corrected chi connectivity index (χ3v) is 4.48. The molecule has 1 aliphatic rings. The zero-order valence-corrected chi connectivity index (χ0v) is 16.5. The van der Waals surface area contributed by atoms with E-state index in [2.05, 4.69) is 0 Å². The van der Waals surface area contributed by atoms with Crippen molar-refractivity contribution < 1.29 is 28.9 Å². The maximum absolute atomic E-state index is 12.8. The summed E-state index contributed by atoms with van der Waals surface area (Å²) in [6, 6.07) is 3.43. The van der Waals surface area contributed by atoms with E-state index in [0.29, 0.717) is 61.5 Å². The molecule has 0 fully saturated rings. The van der Waals surface area contributed by atoms with Crippen LogP contribution in [0.15, 0.2) is 12.1 Å². The van der Waals surface area contributed by atoms with Gasteiger partial charge in [0.1, 0.15) is 13.2 Å². The predicted octanol–water partition coefficient (Wildman–Crippen LogP) is 2.63. The maximum Gasteiger partial charge on any atom is 0.308 e. The topological polar surface area (TPSA) is 85.3 Å². The van der Waals surface area contributed by atoms with Crippen molar-refractivity contribution in [3.8, 4) is 11.5 Å². The van der Waals surface area contributed by atoms with Gasteiger partial charge >= 0.3 is 5.97 Å². The number of benzene rings is 1. The first-order chi connectivity index (χ1) is 12.9. The molecule has 1 N–H and O–H groups in total. The highest BCUT2D eigenvalue weighted by molar-refractivity contribution is 6.32. The molecular formula is C19H26ClNO6. The number of aliphatic carboxylic acids is 1. The third kappa shape index (κ3) is 6.29. The van der Waals surface area contributed by atoms with E-state index in [-0.39, 0.29) is 18.9 Å². The highest BCUT2D eigenvalue weighted by Gasteiger charge is 2.22. The van der Waals surface area contributed by atoms with Gasteiger partial charge in [0.2, 0.25) is 5.91 Å². The van der Waals surface area contributed by atoms with Crippen LogP contribution in [-0.2, 0) is 20.7 Å². The normalized spacial score (nSPS) is 13.9. The monoisotopic (exact) mass is 399 g/mol. The van der Waals surface area contributed by atoms with Crippen molar-refractivity contribution in [2.75, 3.05) is 39.5 Å². The van der Waals surface area contributed by atoms with Crippen LogP contribution < -0.4 is 9.47 Å². The number of carboxylic acids is 1. The molecule has 0 radical (unpaired) electrons. The van der Waals surface area contributed by atoms with E-state index in [1.54, 1.807) is 24.0 Å². The van der Waals surface area contributed by atoms with Crippen LogP contribution in [0.1, 0.15) is 25.8 Å². The molecule has 0 aromatic heterocycles. The molecule has 1 amide bonds. The molecule has 1 heterocycles. The summed E-state index contributed by atoms with van der Waals surface area (Å²) in [5.74, 6) is -0.720. The zero-order valence-electron chi connectivity index (χ0n) is 15.7. The molecule has 150 valence electrons. The molecule has 0 bridgehead atoms. The Balaban J connectivity index is 2.07. The fourth-order valence-electron chi connectivity index (χ4n) is 2.78. The van der Waals surface area contributed by atoms with E-state index in [9.17, 15) is 14.7 Å². The average molecular weight is 400 g/mol. The fourth-order valence-corrected chi connectivity index (χ4v) is 3.07. The molecule has 0 saturated carbocycles. The summed E-state index contributed by atoms with van der Waals surface area (Å²) in [4.78, 5) is 25.5. The number of halogens is 1. The van der Waals surface area contributed by atoms with E-state index >= 15 is 0 Å². The van der Waals surface area contributed by atoms with E-state index in [1.807, 2.05) is 6.92 Å². The molecule has 0 spiro atoms. The van der Waals surface area contributed by atoms with Crippen molar-refractivity contribution in [1.82, 2.24) is 4.90 Å². The molecule has 2 rings (SSSR count). The number of rotatable bonds is 10. The predicted molar refractivity (Wildman–Crippen MR) is 101 cm³/mol. The molecule has 0 aliphatic carbocycles. The molecule has 1 aromatic carbocycles. The summed E-state index contributed by atoms with van der Waals surface area (Å²) in [6.45, 7) is 6.08. The number of amides is 1. The summed E-state index contributed by atoms with van der Waals surface area (Å²) >= 11 is 6.23. The Hall–Kier alpha value is -1.99. The van der Waals surface area contributed by atoms with E-state index in [1.165, 1.54) is 0 Å². The number of fused-ring (bicyclic) bond motifs is 1. The molecule has 0 saturated heterocycles. The van der Waals surface area contributed by atoms with Gasteiger partial charge in [-0.15, -0.1) is 0 Å². The van der Waals surface area contributed by atoms with Gasteiger partial charge in [0, 0.05) is 26.3 Å². The van der Waals surface area contributed by atoms with Gasteiger partial charge in [-0.2, -0.15) is 0 Å². The van der Waals surface area contributed by atoms with Crippen molar-refractivity contribution in [3.05, 3.63) is 22.7 Å². The summed E-state index contributed by atoms with van der Waals surface area (Å²) in [5.41, 5.74) is 0.701. The lowest BCUT2D eigenvalue weighted by Gasteiger charge is -2.25. The molecule has 1 aliphatic heterocycles. The molecule has 7 nitrogen and oxygen atoms in total. The van der Waals surface area contributed by atoms with Crippen molar-refractivity contribution in [3.63, 3.8) is 0 Å². The number of hydrogen-bond acceptors (Lipinski definition) is 5. The van der Waals surface area contributed by atoms with Gasteiger partial charge in [0.15, 0.2) is 11.5 Å². The van der Waals surface area contributed by atoms with Crippen molar-refractivity contribution in [2.24, 2.45) is 5.92 Å². The van der Waals surface area contributed by atoms with Crippen LogP contribution in [0.25, 0.3) is 0 Å². The first-order valence-corrected chi connectivity index (χ1v) is 9.46. The zero-order chi connectivity index (χ0) is 19.8. The van der Waals surface area contributed by atoms with Gasteiger partial charge in [-0.1, -0.05) is 18.5 Å². The van der Waals surface area contributed by atoms with Crippen LogP contribution in [0.5, 0.6) is 11.5 Å². The van der Waals surface area contributed by atoms with Crippen LogP contribution in [0.3, 0.4) is 0 Å². The summed E-state index contributed by atoms with van der Waals surface area (Å²) in [7, 11) is 0. The molecule has 1 unspecified atom stereocenters. The third-order valence-electron chi connectivity index (χ3n) is 4.20. The standard InChI is InChI=1S/C19H26ClNO6/c1-3-25-6-4-5-21(12-13(2)19(23)24)17(22)11-14-9-15(20)18-16(10-14)26-7-8-27-18/h9-10,13H,3-8,11-12H2,1-2H3,(H,23,24). The Morgan fingerprint density at radius 3 is 2.78 bits per heavy atom. The first kappa shape index (κ1) is 21.3. The van der Waals surface area contributed by atoms with Gasteiger partial charge in [-0.25, -0.2) is 0 Å². The Bertz CT molecular complexity index is 666. The lowest BCUT2D eigenvalue weighted by molar-refractivity contribution is -0.143. The minimum Gasteiger partial charge on any atom is -0.486 e. The van der Waals surface area contributed by atoms with Gasteiger partial charge in [0.25, 0.3) is 0 Å². The minimum absolute atomic E-state index is 0.108. The smallest absolute Gasteiger partial charge is 0.308 e. The van der Waals surface area contributed by atoms with Crippen LogP contribution >= 0.6 is 11.6 Å². The Morgan fingerprint density at radius 1 is 1.33 bits per heavy atom. The van der Waals surface area contributed by atoms with Gasteiger partial charge in [-0.3, -0.25) is 9.59 Å². The van der Waals surface area contributed by atoms with Crippen LogP contribution in [0.2, 0.25) is 5.02 Å². The second-order valence-corrected chi connectivity index (χ2v) is 6.82. The number of carbonyl (C=O) groups excluding carboxylic acids is 1. The molecule has 27 heavy (non-hydrogen) atoms. The van der Waals surface area contributed by atoms with E-state index < -0.39 is 11.9 Å². The number of carbonyl (C=O) groups is 2. The summed E-state index contributed by atoms with van der Waals surface area (Å²) in [6.07, 6.45) is 0.755. The van der Waals surface area contributed by atoms with Crippen molar-refractivity contribution >= 4 is 23.5 Å². The average Bonchev–Trinajstić information content (AvgIpc) is 2.64. The van der Waals surface area contributed by atoms with Crippen LogP contribution in [0.4, 0.5) is 0 Å². The number of ether oxygens (including phenoxy) is 3. The number of hydrogen-bond donors (Lipinski definition) is 1. The minimum atomic E-state index is -0.931. The lowest BCUT2D eigenvalue weighted by Crippen LogP contribution is -2.39. The second-order valence-electron chi connectivity index (χ2n) is 6.41. The van der Waals surface area contributed by atoms with Crippen molar-refractivity contribution in [1.29, 1.82) is 0 Å². The number of nitrogens with zero attached hydrogens (tertiary/aromatic N) is 1. The first-order valence-electron chi connectivity index (χ1n) is 9.08. The fraction of sp³-hybridized carbons (Fsp3) is 0.579. The van der Waals surface area contributed by atoms with Crippen LogP contribution in [-0.4, -0.2) is 61.4 Å².